The zero-order valence-corrected chi connectivity index (χ0v) is 14.3. The monoisotopic (exact) mass is 387 g/mol. The van der Waals surface area contributed by atoms with Crippen LogP contribution in [0.15, 0.2) is 59.3 Å². The van der Waals surface area contributed by atoms with E-state index in [2.05, 4.69) is 36.8 Å². The molecule has 24 heavy (non-hydrogen) atoms. The first-order valence-electron chi connectivity index (χ1n) is 7.18. The van der Waals surface area contributed by atoms with Crippen LogP contribution in [0.1, 0.15) is 6.92 Å². The number of amides is 1. The van der Waals surface area contributed by atoms with Crippen LogP contribution in [0.2, 0.25) is 0 Å². The largest absolute Gasteiger partial charge is 0.481 e. The van der Waals surface area contributed by atoms with E-state index in [1.165, 1.54) is 11.0 Å². The number of carbonyl (C=O) groups is 1. The van der Waals surface area contributed by atoms with Gasteiger partial charge in [-0.25, -0.2) is 4.68 Å². The molecule has 1 heterocycles. The molecule has 122 valence electrons. The number of benzene rings is 2. The zero-order valence-electron chi connectivity index (χ0n) is 12.8. The minimum absolute atomic E-state index is 0.231. The molecule has 1 N–H and O–H groups in total. The molecule has 0 saturated heterocycles. The summed E-state index contributed by atoms with van der Waals surface area (Å²) in [7, 11) is 0. The van der Waals surface area contributed by atoms with Crippen molar-refractivity contribution < 1.29 is 9.53 Å². The van der Waals surface area contributed by atoms with Gasteiger partial charge in [0.2, 0.25) is 0 Å². The van der Waals surface area contributed by atoms with E-state index >= 15 is 0 Å². The van der Waals surface area contributed by atoms with Gasteiger partial charge in [0.1, 0.15) is 12.1 Å². The number of rotatable bonds is 5. The summed E-state index contributed by atoms with van der Waals surface area (Å²) in [5.74, 6) is 0.326. The average molecular weight is 388 g/mol. The van der Waals surface area contributed by atoms with Crippen LogP contribution in [0.3, 0.4) is 0 Å². The van der Waals surface area contributed by atoms with Crippen LogP contribution in [0.25, 0.3) is 5.69 Å². The highest BCUT2D eigenvalue weighted by Crippen LogP contribution is 2.18. The minimum atomic E-state index is -0.655. The predicted octanol–water partition coefficient (Wildman–Crippen LogP) is 2.83. The summed E-state index contributed by atoms with van der Waals surface area (Å²) in [6.45, 7) is 1.69. The number of carbonyl (C=O) groups excluding carboxylic acids is 1. The van der Waals surface area contributed by atoms with Gasteiger partial charge in [0, 0.05) is 16.2 Å². The molecule has 0 radical (unpaired) electrons. The van der Waals surface area contributed by atoms with E-state index in [-0.39, 0.29) is 5.91 Å². The maximum absolute atomic E-state index is 12.2. The molecule has 1 atom stereocenters. The van der Waals surface area contributed by atoms with E-state index < -0.39 is 6.10 Å². The highest BCUT2D eigenvalue weighted by Gasteiger charge is 2.15. The smallest absolute Gasteiger partial charge is 0.265 e. The van der Waals surface area contributed by atoms with Crippen LogP contribution in [-0.2, 0) is 4.79 Å². The van der Waals surface area contributed by atoms with Crippen molar-refractivity contribution in [3.63, 3.8) is 0 Å². The summed E-state index contributed by atoms with van der Waals surface area (Å²) in [6.07, 6.45) is 0.834. The van der Waals surface area contributed by atoms with Crippen LogP contribution in [0.5, 0.6) is 5.75 Å². The molecule has 0 aliphatic carbocycles. The van der Waals surface area contributed by atoms with Crippen LogP contribution < -0.4 is 10.1 Å². The van der Waals surface area contributed by atoms with Crippen molar-refractivity contribution in [1.82, 2.24) is 20.2 Å². The van der Waals surface area contributed by atoms with Crippen LogP contribution in [0, 0.1) is 0 Å². The summed E-state index contributed by atoms with van der Waals surface area (Å²) in [5.41, 5.74) is 1.46. The Kier molecular flexibility index (Phi) is 4.85. The summed E-state index contributed by atoms with van der Waals surface area (Å²) in [6, 6.07) is 14.5. The van der Waals surface area contributed by atoms with E-state index in [0.717, 1.165) is 10.2 Å². The van der Waals surface area contributed by atoms with Crippen molar-refractivity contribution in [1.29, 1.82) is 0 Å². The van der Waals surface area contributed by atoms with Gasteiger partial charge < -0.3 is 10.1 Å². The van der Waals surface area contributed by atoms with Gasteiger partial charge in [0.15, 0.2) is 6.10 Å². The Hall–Kier alpha value is -2.74. The number of nitrogens with one attached hydrogen (secondary N) is 1. The van der Waals surface area contributed by atoms with Crippen LogP contribution in [-0.4, -0.2) is 32.2 Å². The second-order valence-electron chi connectivity index (χ2n) is 5.01. The summed E-state index contributed by atoms with van der Waals surface area (Å²) < 4.78 is 8.17. The lowest BCUT2D eigenvalue weighted by atomic mass is 10.2. The fraction of sp³-hybridized carbons (Fsp3) is 0.125. The number of halogens is 1. The van der Waals surface area contributed by atoms with Gasteiger partial charge in [-0.2, -0.15) is 0 Å². The molecule has 7 nitrogen and oxygen atoms in total. The van der Waals surface area contributed by atoms with Gasteiger partial charge in [-0.05, 0) is 53.7 Å². The molecule has 3 aromatic rings. The molecule has 0 aliphatic heterocycles. The van der Waals surface area contributed by atoms with Crippen LogP contribution in [0.4, 0.5) is 5.69 Å². The Morgan fingerprint density at radius 1 is 1.25 bits per heavy atom. The normalized spacial score (nSPS) is 11.8. The molecule has 2 aromatic carbocycles. The van der Waals surface area contributed by atoms with Crippen molar-refractivity contribution in [3.8, 4) is 11.4 Å². The number of nitrogens with zero attached hydrogens (tertiary/aromatic N) is 4. The summed E-state index contributed by atoms with van der Waals surface area (Å²) >= 11 is 3.35. The Bertz CT molecular complexity index is 821. The third-order valence-corrected chi connectivity index (χ3v) is 3.75. The summed E-state index contributed by atoms with van der Waals surface area (Å²) in [4.78, 5) is 12.2. The van der Waals surface area contributed by atoms with Crippen LogP contribution >= 0.6 is 15.9 Å². The van der Waals surface area contributed by atoms with Gasteiger partial charge in [-0.15, -0.1) is 5.10 Å². The van der Waals surface area contributed by atoms with Crippen molar-refractivity contribution in [2.45, 2.75) is 13.0 Å². The Balaban J connectivity index is 1.65. The van der Waals surface area contributed by atoms with Crippen molar-refractivity contribution in [2.75, 3.05) is 5.32 Å². The molecule has 0 bridgehead atoms. The maximum atomic E-state index is 12.2. The molecular formula is C16H14BrN5O2. The van der Waals surface area contributed by atoms with E-state index in [1.54, 1.807) is 19.1 Å². The Morgan fingerprint density at radius 3 is 2.75 bits per heavy atom. The molecule has 0 unspecified atom stereocenters. The molecule has 3 rings (SSSR count). The standard InChI is InChI=1S/C16H14BrN5O2/c1-11(16(23)19-13-7-5-12(17)6-8-13)24-15-4-2-3-14(9-15)22-10-18-20-21-22/h2-11H,1H3,(H,19,23)/t11-/m0/s1. The van der Waals surface area contributed by atoms with E-state index in [1.807, 2.05) is 36.4 Å². The molecule has 8 heteroatoms. The maximum Gasteiger partial charge on any atom is 0.265 e. The lowest BCUT2D eigenvalue weighted by molar-refractivity contribution is -0.122. The SMILES string of the molecule is C[C@H](Oc1cccc(-n2cnnn2)c1)C(=O)Nc1ccc(Br)cc1. The lowest BCUT2D eigenvalue weighted by Crippen LogP contribution is -2.30. The second kappa shape index (κ2) is 7.22. The van der Waals surface area contributed by atoms with E-state index in [9.17, 15) is 4.79 Å². The van der Waals surface area contributed by atoms with Gasteiger partial charge in [-0.3, -0.25) is 4.79 Å². The molecule has 0 aliphatic rings. The Labute approximate surface area is 146 Å². The van der Waals surface area contributed by atoms with Gasteiger partial charge in [-0.1, -0.05) is 22.0 Å². The highest BCUT2D eigenvalue weighted by molar-refractivity contribution is 9.10. The second-order valence-corrected chi connectivity index (χ2v) is 5.92. The first kappa shape index (κ1) is 16.1. The molecule has 1 aromatic heterocycles. The number of hydrogen-bond donors (Lipinski definition) is 1. The number of aromatic nitrogens is 4. The molecule has 0 spiro atoms. The van der Waals surface area contributed by atoms with Gasteiger partial charge >= 0.3 is 0 Å². The first-order chi connectivity index (χ1) is 11.6. The van der Waals surface area contributed by atoms with E-state index in [4.69, 9.17) is 4.74 Å². The molecular weight excluding hydrogens is 374 g/mol. The van der Waals surface area contributed by atoms with Crippen molar-refractivity contribution >= 4 is 27.5 Å². The fourth-order valence-electron chi connectivity index (χ4n) is 2.01. The third kappa shape index (κ3) is 3.96. The molecule has 1 amide bonds. The quantitative estimate of drug-likeness (QED) is 0.727. The third-order valence-electron chi connectivity index (χ3n) is 3.23. The minimum Gasteiger partial charge on any atom is -0.481 e. The van der Waals surface area contributed by atoms with E-state index in [0.29, 0.717) is 11.4 Å². The first-order valence-corrected chi connectivity index (χ1v) is 7.97. The summed E-state index contributed by atoms with van der Waals surface area (Å²) in [5, 5.41) is 13.8. The van der Waals surface area contributed by atoms with Crippen molar-refractivity contribution in [2.24, 2.45) is 0 Å². The van der Waals surface area contributed by atoms with Gasteiger partial charge in [0.05, 0.1) is 5.69 Å². The lowest BCUT2D eigenvalue weighted by Gasteiger charge is -2.15. The molecule has 0 saturated carbocycles. The molecule has 0 fully saturated rings. The average Bonchev–Trinajstić information content (AvgIpc) is 3.12. The van der Waals surface area contributed by atoms with Crippen molar-refractivity contribution in [3.05, 3.63) is 59.3 Å². The fourth-order valence-corrected chi connectivity index (χ4v) is 2.28. The highest BCUT2D eigenvalue weighted by atomic mass is 79.9. The van der Waals surface area contributed by atoms with Gasteiger partial charge in [0.25, 0.3) is 5.91 Å². The number of ether oxygens (including phenoxy) is 1. The Morgan fingerprint density at radius 2 is 2.04 bits per heavy atom. The zero-order chi connectivity index (χ0) is 16.9. The predicted molar refractivity (Wildman–Crippen MR) is 92.0 cm³/mol. The number of anilines is 1. The number of tetrazole rings is 1. The topological polar surface area (TPSA) is 81.9 Å². The number of hydrogen-bond acceptors (Lipinski definition) is 5.